The van der Waals surface area contributed by atoms with Crippen LogP contribution in [0.15, 0.2) is 17.1 Å². The molecule has 1 aliphatic rings. The molecule has 0 N–H and O–H groups in total. The Balaban J connectivity index is 2.59. The van der Waals surface area contributed by atoms with E-state index in [4.69, 9.17) is 16.3 Å². The molecule has 1 aliphatic heterocycles. The van der Waals surface area contributed by atoms with Crippen LogP contribution < -0.4 is 4.74 Å². The molecule has 0 atom stereocenters. The van der Waals surface area contributed by atoms with Crippen LogP contribution in [0.5, 0.6) is 5.75 Å². The Kier molecular flexibility index (Phi) is 3.81. The average molecular weight is 362 g/mol. The van der Waals surface area contributed by atoms with Crippen LogP contribution in [0.1, 0.15) is 19.4 Å². The van der Waals surface area contributed by atoms with Crippen molar-refractivity contribution in [3.05, 3.63) is 28.5 Å². The van der Waals surface area contributed by atoms with Crippen molar-refractivity contribution in [1.82, 2.24) is 0 Å². The lowest BCUT2D eigenvalue weighted by atomic mass is 10.1. The number of halogens is 5. The smallest absolute Gasteiger partial charge is 0.466 e. The first-order valence-electron chi connectivity index (χ1n) is 5.61. The Labute approximate surface area is 127 Å². The van der Waals surface area contributed by atoms with Gasteiger partial charge in [-0.15, -0.1) is 0 Å². The van der Waals surface area contributed by atoms with Crippen molar-refractivity contribution < 1.29 is 34.9 Å². The summed E-state index contributed by atoms with van der Waals surface area (Å²) >= 11 is 5.63. The van der Waals surface area contributed by atoms with Crippen molar-refractivity contribution in [2.45, 2.75) is 25.1 Å². The molecule has 2 rings (SSSR count). The Morgan fingerprint density at radius 2 is 1.91 bits per heavy atom. The molecular formula is C11H8ClF4NO4S. The molecule has 0 spiro atoms. The van der Waals surface area contributed by atoms with Gasteiger partial charge in [0.2, 0.25) is 5.90 Å². The summed E-state index contributed by atoms with van der Waals surface area (Å²) in [5, 5.41) is -0.0908. The van der Waals surface area contributed by atoms with Crippen LogP contribution in [0.3, 0.4) is 0 Å². The maximum Gasteiger partial charge on any atom is 0.534 e. The standard InChI is InChI=1S/C11H8ClF4NO4S/c1-10(2)17-9(21-22(18,19)11(14,15)16)8-6(13)3-5(12)4-7(8)20-10/h3-4H,1-2H3. The highest BCUT2D eigenvalue weighted by Gasteiger charge is 2.50. The fourth-order valence-corrected chi connectivity index (χ4v) is 2.26. The van der Waals surface area contributed by atoms with E-state index >= 15 is 0 Å². The van der Waals surface area contributed by atoms with Gasteiger partial charge >= 0.3 is 15.6 Å². The molecule has 0 saturated carbocycles. The van der Waals surface area contributed by atoms with E-state index in [0.29, 0.717) is 0 Å². The van der Waals surface area contributed by atoms with E-state index in [2.05, 4.69) is 9.18 Å². The second-order valence-corrected chi connectivity index (χ2v) is 6.68. The van der Waals surface area contributed by atoms with Gasteiger partial charge in [-0.25, -0.2) is 9.38 Å². The number of hydrogen-bond acceptors (Lipinski definition) is 5. The Hall–Kier alpha value is -1.55. The summed E-state index contributed by atoms with van der Waals surface area (Å²) in [6.45, 7) is 2.64. The minimum atomic E-state index is -6.00. The van der Waals surface area contributed by atoms with Crippen molar-refractivity contribution >= 4 is 27.6 Å². The van der Waals surface area contributed by atoms with Gasteiger partial charge in [0.05, 0.1) is 0 Å². The van der Waals surface area contributed by atoms with Gasteiger partial charge in [-0.1, -0.05) is 11.6 Å². The van der Waals surface area contributed by atoms with Crippen LogP contribution >= 0.6 is 11.6 Å². The summed E-state index contributed by atoms with van der Waals surface area (Å²) in [5.41, 5.74) is -7.81. The minimum Gasteiger partial charge on any atom is -0.466 e. The van der Waals surface area contributed by atoms with Crippen LogP contribution in [0.25, 0.3) is 0 Å². The lowest BCUT2D eigenvalue weighted by Crippen LogP contribution is -2.36. The van der Waals surface area contributed by atoms with Crippen molar-refractivity contribution in [2.24, 2.45) is 4.99 Å². The summed E-state index contributed by atoms with van der Waals surface area (Å²) in [6.07, 6.45) is 0. The summed E-state index contributed by atoms with van der Waals surface area (Å²) in [6, 6.07) is 1.88. The molecule has 0 amide bonds. The van der Waals surface area contributed by atoms with Gasteiger partial charge in [-0.3, -0.25) is 0 Å². The van der Waals surface area contributed by atoms with E-state index in [1.165, 1.54) is 13.8 Å². The summed E-state index contributed by atoms with van der Waals surface area (Å²) in [5.74, 6) is -2.47. The summed E-state index contributed by atoms with van der Waals surface area (Å²) in [4.78, 5) is 3.55. The molecule has 0 unspecified atom stereocenters. The lowest BCUT2D eigenvalue weighted by Gasteiger charge is -2.29. The van der Waals surface area contributed by atoms with E-state index in [1.54, 1.807) is 0 Å². The van der Waals surface area contributed by atoms with E-state index < -0.39 is 38.6 Å². The predicted molar refractivity (Wildman–Crippen MR) is 68.7 cm³/mol. The monoisotopic (exact) mass is 361 g/mol. The zero-order valence-corrected chi connectivity index (χ0v) is 12.6. The van der Waals surface area contributed by atoms with Crippen LogP contribution in [-0.4, -0.2) is 25.5 Å². The molecule has 122 valence electrons. The number of rotatable bonds is 1. The topological polar surface area (TPSA) is 65.0 Å². The van der Waals surface area contributed by atoms with Crippen molar-refractivity contribution in [1.29, 1.82) is 0 Å². The van der Waals surface area contributed by atoms with Crippen molar-refractivity contribution in [2.75, 3.05) is 0 Å². The van der Waals surface area contributed by atoms with Crippen LogP contribution in [0.2, 0.25) is 5.02 Å². The third kappa shape index (κ3) is 3.12. The Bertz CT molecular complexity index is 758. The second-order valence-electron chi connectivity index (χ2n) is 4.71. The molecule has 1 aromatic carbocycles. The number of benzene rings is 1. The number of aliphatic imine (C=N–C) groups is 1. The lowest BCUT2D eigenvalue weighted by molar-refractivity contribution is -0.0506. The van der Waals surface area contributed by atoms with Crippen molar-refractivity contribution in [3.63, 3.8) is 0 Å². The zero-order chi connectivity index (χ0) is 16.9. The molecule has 22 heavy (non-hydrogen) atoms. The molecule has 1 heterocycles. The highest BCUT2D eigenvalue weighted by atomic mass is 35.5. The normalized spacial score (nSPS) is 17.3. The average Bonchev–Trinajstić information content (AvgIpc) is 2.22. The highest BCUT2D eigenvalue weighted by Crippen LogP contribution is 2.36. The largest absolute Gasteiger partial charge is 0.534 e. The first-order chi connectivity index (χ1) is 9.82. The van der Waals surface area contributed by atoms with Crippen molar-refractivity contribution in [3.8, 4) is 5.75 Å². The molecule has 1 aromatic rings. The number of alkyl halides is 3. The number of fused-ring (bicyclic) bond motifs is 1. The third-order valence-corrected chi connectivity index (χ3v) is 3.60. The zero-order valence-electron chi connectivity index (χ0n) is 11.0. The van der Waals surface area contributed by atoms with E-state index in [9.17, 15) is 26.0 Å². The van der Waals surface area contributed by atoms with E-state index in [1.807, 2.05) is 0 Å². The van der Waals surface area contributed by atoms with Crippen LogP contribution in [0, 0.1) is 5.82 Å². The number of hydrogen-bond donors (Lipinski definition) is 0. The Morgan fingerprint density at radius 1 is 1.32 bits per heavy atom. The first-order valence-corrected chi connectivity index (χ1v) is 7.40. The van der Waals surface area contributed by atoms with Gasteiger partial charge in [0, 0.05) is 5.02 Å². The number of ether oxygens (including phenoxy) is 1. The maximum atomic E-state index is 13.9. The first kappa shape index (κ1) is 16.8. The van der Waals surface area contributed by atoms with E-state index in [-0.39, 0.29) is 10.8 Å². The molecule has 0 fully saturated rings. The minimum absolute atomic E-state index is 0.0908. The van der Waals surface area contributed by atoms with Gasteiger partial charge in [0.15, 0.2) is 5.72 Å². The molecule has 0 radical (unpaired) electrons. The molecular weight excluding hydrogens is 354 g/mol. The maximum absolute atomic E-state index is 13.9. The fraction of sp³-hybridized carbons (Fsp3) is 0.364. The third-order valence-electron chi connectivity index (χ3n) is 2.44. The van der Waals surface area contributed by atoms with Gasteiger partial charge in [-0.2, -0.15) is 21.6 Å². The molecule has 0 aromatic heterocycles. The van der Waals surface area contributed by atoms with Crippen LogP contribution in [-0.2, 0) is 14.3 Å². The molecule has 0 aliphatic carbocycles. The number of nitrogens with zero attached hydrogens (tertiary/aromatic N) is 1. The quantitative estimate of drug-likeness (QED) is 0.437. The molecule has 11 heteroatoms. The second kappa shape index (κ2) is 4.98. The predicted octanol–water partition coefficient (Wildman–Crippen LogP) is 3.22. The highest BCUT2D eigenvalue weighted by molar-refractivity contribution is 7.88. The van der Waals surface area contributed by atoms with Gasteiger partial charge < -0.3 is 8.92 Å². The molecule has 0 bridgehead atoms. The summed E-state index contributed by atoms with van der Waals surface area (Å²) < 4.78 is 82.5. The SMILES string of the molecule is CC1(C)N=C(OS(=O)(=O)C(F)(F)F)c2c(F)cc(Cl)cc2O1. The molecule has 5 nitrogen and oxygen atoms in total. The van der Waals surface area contributed by atoms with Crippen LogP contribution in [0.4, 0.5) is 17.6 Å². The summed E-state index contributed by atoms with van der Waals surface area (Å²) in [7, 11) is -6.00. The van der Waals surface area contributed by atoms with Gasteiger partial charge in [0.1, 0.15) is 17.1 Å². The van der Waals surface area contributed by atoms with Gasteiger partial charge in [-0.05, 0) is 26.0 Å². The van der Waals surface area contributed by atoms with E-state index in [0.717, 1.165) is 12.1 Å². The molecule has 0 saturated heterocycles. The fourth-order valence-electron chi connectivity index (χ4n) is 1.64. The van der Waals surface area contributed by atoms with Gasteiger partial charge in [0.25, 0.3) is 0 Å². The Morgan fingerprint density at radius 3 is 2.45 bits per heavy atom.